The van der Waals surface area contributed by atoms with E-state index in [0.29, 0.717) is 6.54 Å². The molecule has 2 aromatic carbocycles. The van der Waals surface area contributed by atoms with Crippen LogP contribution in [0.2, 0.25) is 0 Å². The van der Waals surface area contributed by atoms with Gasteiger partial charge in [0.1, 0.15) is 5.75 Å². The summed E-state index contributed by atoms with van der Waals surface area (Å²) >= 11 is -2.25. The molecular weight excluding hydrogens is 402 g/mol. The molecule has 1 amide bonds. The first-order valence-corrected chi connectivity index (χ1v) is 11.2. The molecule has 2 aromatic rings. The van der Waals surface area contributed by atoms with E-state index in [1.54, 1.807) is 24.1 Å². The van der Waals surface area contributed by atoms with Crippen LogP contribution in [0.1, 0.15) is 12.0 Å². The standard InChI is InChI=1S/C22H27N3O4S/c1-29-19-4-2-3-17(15-19)16-23-11-13-24(14-12-23)21-9-10-25(22(21)26)18-5-7-20(8-6-18)30(27)28/h2-8,15,21H,9-14,16H2,1H3,(H,27,28)/p-1/t21-/m0/s1. The van der Waals surface area contributed by atoms with E-state index in [-0.39, 0.29) is 16.8 Å². The van der Waals surface area contributed by atoms with Gasteiger partial charge in [0.25, 0.3) is 0 Å². The second-order valence-electron chi connectivity index (χ2n) is 7.69. The number of anilines is 1. The Morgan fingerprint density at radius 3 is 2.47 bits per heavy atom. The van der Waals surface area contributed by atoms with E-state index in [0.717, 1.165) is 50.6 Å². The van der Waals surface area contributed by atoms with Crippen molar-refractivity contribution >= 4 is 22.7 Å². The van der Waals surface area contributed by atoms with Crippen molar-refractivity contribution in [1.82, 2.24) is 9.80 Å². The Morgan fingerprint density at radius 2 is 1.80 bits per heavy atom. The average Bonchev–Trinajstić information content (AvgIpc) is 3.16. The molecule has 2 heterocycles. The van der Waals surface area contributed by atoms with Gasteiger partial charge in [0.15, 0.2) is 0 Å². The number of amides is 1. The Hall–Kier alpha value is -2.26. The summed E-state index contributed by atoms with van der Waals surface area (Å²) in [5.74, 6) is 0.976. The molecule has 2 aliphatic heterocycles. The van der Waals surface area contributed by atoms with Gasteiger partial charge < -0.3 is 14.2 Å². The fourth-order valence-electron chi connectivity index (χ4n) is 4.26. The van der Waals surface area contributed by atoms with Gasteiger partial charge in [-0.1, -0.05) is 12.1 Å². The molecule has 0 aromatic heterocycles. The van der Waals surface area contributed by atoms with Crippen molar-refractivity contribution in [2.45, 2.75) is 23.9 Å². The Labute approximate surface area is 179 Å². The van der Waals surface area contributed by atoms with Crippen molar-refractivity contribution in [1.29, 1.82) is 0 Å². The van der Waals surface area contributed by atoms with Gasteiger partial charge in [0.05, 0.1) is 13.2 Å². The number of ether oxygens (including phenoxy) is 1. The lowest BCUT2D eigenvalue weighted by atomic mass is 10.1. The van der Waals surface area contributed by atoms with E-state index in [1.165, 1.54) is 17.7 Å². The van der Waals surface area contributed by atoms with Gasteiger partial charge in [-0.3, -0.25) is 18.8 Å². The van der Waals surface area contributed by atoms with Gasteiger partial charge >= 0.3 is 0 Å². The molecule has 4 rings (SSSR count). The third-order valence-electron chi connectivity index (χ3n) is 5.91. The van der Waals surface area contributed by atoms with Gasteiger partial charge in [-0.15, -0.1) is 0 Å². The zero-order valence-corrected chi connectivity index (χ0v) is 17.8. The zero-order valence-electron chi connectivity index (χ0n) is 17.0. The number of hydrogen-bond acceptors (Lipinski definition) is 6. The molecule has 0 aliphatic carbocycles. The maximum atomic E-state index is 13.0. The van der Waals surface area contributed by atoms with Crippen LogP contribution in [0, 0.1) is 0 Å². The van der Waals surface area contributed by atoms with E-state index in [4.69, 9.17) is 4.74 Å². The van der Waals surface area contributed by atoms with Crippen LogP contribution in [0.15, 0.2) is 53.4 Å². The van der Waals surface area contributed by atoms with Crippen LogP contribution >= 0.6 is 0 Å². The Balaban J connectivity index is 1.32. The van der Waals surface area contributed by atoms with E-state index < -0.39 is 11.1 Å². The number of nitrogens with zero attached hydrogens (tertiary/aromatic N) is 3. The maximum Gasteiger partial charge on any atom is 0.244 e. The molecule has 30 heavy (non-hydrogen) atoms. The topological polar surface area (TPSA) is 76.2 Å². The highest BCUT2D eigenvalue weighted by molar-refractivity contribution is 7.79. The Morgan fingerprint density at radius 1 is 1.07 bits per heavy atom. The first kappa shape index (κ1) is 21.0. The largest absolute Gasteiger partial charge is 0.768 e. The first-order chi connectivity index (χ1) is 14.5. The summed E-state index contributed by atoms with van der Waals surface area (Å²) < 4.78 is 27.4. The summed E-state index contributed by atoms with van der Waals surface area (Å²) in [6.45, 7) is 5.11. The smallest absolute Gasteiger partial charge is 0.244 e. The fraction of sp³-hybridized carbons (Fsp3) is 0.409. The second kappa shape index (κ2) is 9.26. The number of methoxy groups -OCH3 is 1. The number of rotatable bonds is 6. The second-order valence-corrected chi connectivity index (χ2v) is 8.63. The number of piperazine rings is 1. The lowest BCUT2D eigenvalue weighted by Crippen LogP contribution is -2.52. The van der Waals surface area contributed by atoms with E-state index in [9.17, 15) is 13.6 Å². The molecule has 2 saturated heterocycles. The van der Waals surface area contributed by atoms with Crippen LogP contribution in [0.25, 0.3) is 0 Å². The number of carbonyl (C=O) groups excluding carboxylic acids is 1. The minimum atomic E-state index is -2.25. The van der Waals surface area contributed by atoms with Gasteiger partial charge in [-0.25, -0.2) is 0 Å². The summed E-state index contributed by atoms with van der Waals surface area (Å²) in [4.78, 5) is 19.7. The van der Waals surface area contributed by atoms with Crippen LogP contribution in [-0.2, 0) is 22.4 Å². The number of benzene rings is 2. The van der Waals surface area contributed by atoms with Gasteiger partial charge in [-0.05, 0) is 59.5 Å². The van der Waals surface area contributed by atoms with Crippen molar-refractivity contribution < 1.29 is 18.3 Å². The molecule has 8 heteroatoms. The van der Waals surface area contributed by atoms with Crippen molar-refractivity contribution in [2.75, 3.05) is 44.7 Å². The van der Waals surface area contributed by atoms with Gasteiger partial charge in [0, 0.05) is 49.9 Å². The van der Waals surface area contributed by atoms with Crippen molar-refractivity contribution in [2.24, 2.45) is 0 Å². The maximum absolute atomic E-state index is 13.0. The van der Waals surface area contributed by atoms with Crippen molar-refractivity contribution in [3.8, 4) is 5.75 Å². The molecule has 0 N–H and O–H groups in total. The normalized spacial score (nSPS) is 21.7. The fourth-order valence-corrected chi connectivity index (χ4v) is 4.62. The SMILES string of the molecule is COc1cccc(CN2CCN([C@H]3CCN(c4ccc(S(=O)[O-])cc4)C3=O)CC2)c1. The van der Waals surface area contributed by atoms with Crippen LogP contribution < -0.4 is 9.64 Å². The van der Waals surface area contributed by atoms with E-state index in [1.807, 2.05) is 12.1 Å². The summed E-state index contributed by atoms with van der Waals surface area (Å²) in [5.41, 5.74) is 1.99. The highest BCUT2D eigenvalue weighted by Gasteiger charge is 2.37. The lowest BCUT2D eigenvalue weighted by molar-refractivity contribution is -0.122. The number of hydrogen-bond donors (Lipinski definition) is 0. The average molecular weight is 429 g/mol. The Kier molecular flexibility index (Phi) is 6.48. The molecular formula is C22H26N3O4S-. The highest BCUT2D eigenvalue weighted by atomic mass is 32.2. The first-order valence-electron chi connectivity index (χ1n) is 10.1. The predicted octanol–water partition coefficient (Wildman–Crippen LogP) is 1.86. The van der Waals surface area contributed by atoms with Crippen LogP contribution in [0.3, 0.4) is 0 Å². The van der Waals surface area contributed by atoms with E-state index in [2.05, 4.69) is 21.9 Å². The third-order valence-corrected chi connectivity index (χ3v) is 6.56. The summed E-state index contributed by atoms with van der Waals surface area (Å²) in [5, 5.41) is 0. The minimum absolute atomic E-state index is 0.0997. The summed E-state index contributed by atoms with van der Waals surface area (Å²) in [7, 11) is 1.68. The summed E-state index contributed by atoms with van der Waals surface area (Å²) in [6.07, 6.45) is 0.796. The van der Waals surface area contributed by atoms with Crippen LogP contribution in [0.4, 0.5) is 5.69 Å². The molecule has 0 saturated carbocycles. The molecule has 0 spiro atoms. The molecule has 2 fully saturated rings. The lowest BCUT2D eigenvalue weighted by Gasteiger charge is -2.37. The number of carbonyl (C=O) groups is 1. The molecule has 2 atom stereocenters. The summed E-state index contributed by atoms with van der Waals surface area (Å²) in [6, 6.07) is 14.5. The zero-order chi connectivity index (χ0) is 21.1. The molecule has 7 nitrogen and oxygen atoms in total. The highest BCUT2D eigenvalue weighted by Crippen LogP contribution is 2.26. The van der Waals surface area contributed by atoms with E-state index >= 15 is 0 Å². The molecule has 0 bridgehead atoms. The molecule has 1 unspecified atom stereocenters. The predicted molar refractivity (Wildman–Crippen MR) is 114 cm³/mol. The van der Waals surface area contributed by atoms with Crippen LogP contribution in [0.5, 0.6) is 5.75 Å². The quantitative estimate of drug-likeness (QED) is 0.654. The third kappa shape index (κ3) is 4.57. The molecule has 0 radical (unpaired) electrons. The Bertz CT molecular complexity index is 913. The molecule has 2 aliphatic rings. The van der Waals surface area contributed by atoms with Crippen molar-refractivity contribution in [3.63, 3.8) is 0 Å². The monoisotopic (exact) mass is 428 g/mol. The van der Waals surface area contributed by atoms with Crippen LogP contribution in [-0.4, -0.2) is 70.3 Å². The minimum Gasteiger partial charge on any atom is -0.768 e. The van der Waals surface area contributed by atoms with Gasteiger partial charge in [-0.2, -0.15) is 0 Å². The van der Waals surface area contributed by atoms with Gasteiger partial charge in [0.2, 0.25) is 5.91 Å². The molecule has 160 valence electrons. The van der Waals surface area contributed by atoms with Crippen molar-refractivity contribution in [3.05, 3.63) is 54.1 Å².